The van der Waals surface area contributed by atoms with E-state index < -0.39 is 5.60 Å². The molecule has 4 nitrogen and oxygen atoms in total. The molecule has 1 saturated heterocycles. The Balaban J connectivity index is 1.60. The van der Waals surface area contributed by atoms with Gasteiger partial charge in [0, 0.05) is 24.2 Å². The molecule has 4 rings (SSSR count). The van der Waals surface area contributed by atoms with Crippen molar-refractivity contribution in [3.8, 4) is 16.9 Å². The molecule has 1 aliphatic heterocycles. The largest absolute Gasteiger partial charge is 0.496 e. The molecule has 0 saturated carbocycles. The lowest BCUT2D eigenvalue weighted by atomic mass is 9.96. The van der Waals surface area contributed by atoms with E-state index in [0.717, 1.165) is 30.8 Å². The fourth-order valence-corrected chi connectivity index (χ4v) is 4.70. The first-order valence-corrected chi connectivity index (χ1v) is 11.2. The molecular formula is C26H28ClFN2O2. The van der Waals surface area contributed by atoms with Crippen LogP contribution >= 0.6 is 11.6 Å². The molecule has 2 aromatic carbocycles. The van der Waals surface area contributed by atoms with Gasteiger partial charge in [-0.25, -0.2) is 9.37 Å². The number of aromatic nitrogens is 1. The maximum absolute atomic E-state index is 15.6. The molecule has 0 bridgehead atoms. The maximum atomic E-state index is 15.6. The van der Waals surface area contributed by atoms with Crippen molar-refractivity contribution >= 4 is 17.4 Å². The summed E-state index contributed by atoms with van der Waals surface area (Å²) in [7, 11) is 1.53. The van der Waals surface area contributed by atoms with Crippen LogP contribution in [-0.2, 0) is 6.42 Å². The average Bonchev–Trinajstić information content (AvgIpc) is 3.26. The predicted octanol–water partition coefficient (Wildman–Crippen LogP) is 5.88. The summed E-state index contributed by atoms with van der Waals surface area (Å²) in [6, 6.07) is 14.6. The number of anilines is 1. The van der Waals surface area contributed by atoms with Crippen LogP contribution in [0.3, 0.4) is 0 Å². The third-order valence-electron chi connectivity index (χ3n) is 6.08. The molecule has 0 aliphatic carbocycles. The van der Waals surface area contributed by atoms with Gasteiger partial charge in [0.1, 0.15) is 17.4 Å². The number of methoxy groups -OCH3 is 1. The third kappa shape index (κ3) is 4.59. The normalized spacial score (nSPS) is 16.4. The smallest absolute Gasteiger partial charge is 0.138 e. The van der Waals surface area contributed by atoms with Crippen LogP contribution in [-0.4, -0.2) is 35.4 Å². The van der Waals surface area contributed by atoms with Crippen LogP contribution in [0.15, 0.2) is 54.7 Å². The summed E-state index contributed by atoms with van der Waals surface area (Å²) in [6.45, 7) is 4.56. The Labute approximate surface area is 193 Å². The molecule has 1 aliphatic rings. The first-order valence-electron chi connectivity index (χ1n) is 10.8. The second-order valence-electron chi connectivity index (χ2n) is 8.83. The first-order chi connectivity index (χ1) is 15.3. The number of nitrogens with zero attached hydrogens (tertiary/aromatic N) is 2. The number of hydrogen-bond donors (Lipinski definition) is 1. The van der Waals surface area contributed by atoms with Crippen molar-refractivity contribution in [3.05, 3.63) is 76.7 Å². The Morgan fingerprint density at radius 3 is 2.69 bits per heavy atom. The van der Waals surface area contributed by atoms with E-state index >= 15 is 4.39 Å². The lowest BCUT2D eigenvalue weighted by Crippen LogP contribution is -2.46. The maximum Gasteiger partial charge on any atom is 0.138 e. The Hall–Kier alpha value is -2.63. The predicted molar refractivity (Wildman–Crippen MR) is 127 cm³/mol. The summed E-state index contributed by atoms with van der Waals surface area (Å²) < 4.78 is 21.0. The van der Waals surface area contributed by atoms with E-state index in [9.17, 15) is 5.11 Å². The highest BCUT2D eigenvalue weighted by atomic mass is 35.5. The fraction of sp³-hybridized carbons (Fsp3) is 0.346. The minimum Gasteiger partial charge on any atom is -0.496 e. The molecule has 168 valence electrons. The molecule has 0 amide bonds. The molecule has 0 radical (unpaired) electrons. The summed E-state index contributed by atoms with van der Waals surface area (Å²) in [5.74, 6) is 0.985. The van der Waals surface area contributed by atoms with Gasteiger partial charge in [-0.2, -0.15) is 0 Å². The van der Waals surface area contributed by atoms with Gasteiger partial charge in [-0.05, 0) is 67.6 Å². The van der Waals surface area contributed by atoms with E-state index in [0.29, 0.717) is 33.9 Å². The van der Waals surface area contributed by atoms with Crippen molar-refractivity contribution in [1.29, 1.82) is 0 Å². The second-order valence-corrected chi connectivity index (χ2v) is 9.27. The van der Waals surface area contributed by atoms with Crippen molar-refractivity contribution in [2.45, 2.75) is 44.8 Å². The molecule has 1 atom stereocenters. The van der Waals surface area contributed by atoms with Gasteiger partial charge < -0.3 is 14.7 Å². The molecule has 1 unspecified atom stereocenters. The molecule has 1 N–H and O–H groups in total. The van der Waals surface area contributed by atoms with Crippen LogP contribution in [0.25, 0.3) is 11.1 Å². The zero-order chi connectivity index (χ0) is 22.9. The van der Waals surface area contributed by atoms with Crippen molar-refractivity contribution < 1.29 is 14.2 Å². The Morgan fingerprint density at radius 2 is 2.03 bits per heavy atom. The molecule has 32 heavy (non-hydrogen) atoms. The number of ether oxygens (including phenoxy) is 1. The zero-order valence-corrected chi connectivity index (χ0v) is 19.4. The summed E-state index contributed by atoms with van der Waals surface area (Å²) in [6.07, 6.45) is 4.17. The highest BCUT2D eigenvalue weighted by molar-refractivity contribution is 6.30. The van der Waals surface area contributed by atoms with Crippen LogP contribution in [0.5, 0.6) is 5.75 Å². The summed E-state index contributed by atoms with van der Waals surface area (Å²) in [5, 5.41) is 11.0. The summed E-state index contributed by atoms with van der Waals surface area (Å²) in [4.78, 5) is 6.79. The van der Waals surface area contributed by atoms with Crippen LogP contribution in [0.1, 0.15) is 37.8 Å². The molecule has 1 fully saturated rings. The highest BCUT2D eigenvalue weighted by Gasteiger charge is 2.36. The van der Waals surface area contributed by atoms with Gasteiger partial charge in [0.15, 0.2) is 0 Å². The van der Waals surface area contributed by atoms with Crippen LogP contribution in [0, 0.1) is 5.82 Å². The fourth-order valence-electron chi connectivity index (χ4n) is 4.51. The van der Waals surface area contributed by atoms with E-state index in [2.05, 4.69) is 9.88 Å². The average molecular weight is 455 g/mol. The number of pyridine rings is 1. The monoisotopic (exact) mass is 454 g/mol. The lowest BCUT2D eigenvalue weighted by Gasteiger charge is -2.34. The van der Waals surface area contributed by atoms with Crippen LogP contribution in [0.2, 0.25) is 5.02 Å². The number of rotatable bonds is 6. The minimum absolute atomic E-state index is 0.0418. The van der Waals surface area contributed by atoms with E-state index in [4.69, 9.17) is 16.3 Å². The SMILES string of the molecule is COc1ccc(Cc2ccc(N3CCCC3C(C)(C)O)nc2)c(F)c1-c1cccc(Cl)c1. The van der Waals surface area contributed by atoms with Gasteiger partial charge in [0.2, 0.25) is 0 Å². The van der Waals surface area contributed by atoms with E-state index in [-0.39, 0.29) is 11.9 Å². The Morgan fingerprint density at radius 1 is 1.22 bits per heavy atom. The number of benzene rings is 2. The molecule has 3 aromatic rings. The number of hydrogen-bond acceptors (Lipinski definition) is 4. The van der Waals surface area contributed by atoms with Gasteiger partial charge in [0.05, 0.1) is 24.3 Å². The van der Waals surface area contributed by atoms with Gasteiger partial charge in [0.25, 0.3) is 0 Å². The van der Waals surface area contributed by atoms with Crippen LogP contribution < -0.4 is 9.64 Å². The van der Waals surface area contributed by atoms with Crippen LogP contribution in [0.4, 0.5) is 10.2 Å². The quantitative estimate of drug-likeness (QED) is 0.505. The van der Waals surface area contributed by atoms with Crippen molar-refractivity contribution in [1.82, 2.24) is 4.98 Å². The topological polar surface area (TPSA) is 45.6 Å². The Bertz CT molecular complexity index is 1100. The Kier molecular flexibility index (Phi) is 6.40. The number of aliphatic hydroxyl groups is 1. The van der Waals surface area contributed by atoms with E-state index in [1.54, 1.807) is 36.5 Å². The molecule has 0 spiro atoms. The first kappa shape index (κ1) is 22.6. The zero-order valence-electron chi connectivity index (χ0n) is 18.6. The summed E-state index contributed by atoms with van der Waals surface area (Å²) >= 11 is 6.13. The van der Waals surface area contributed by atoms with E-state index in [1.165, 1.54) is 7.11 Å². The van der Waals surface area contributed by atoms with E-state index in [1.807, 2.05) is 32.0 Å². The lowest BCUT2D eigenvalue weighted by molar-refractivity contribution is 0.0533. The molecular weight excluding hydrogens is 427 g/mol. The number of halogens is 2. The van der Waals surface area contributed by atoms with Gasteiger partial charge in [-0.15, -0.1) is 0 Å². The summed E-state index contributed by atoms with van der Waals surface area (Å²) in [5.41, 5.74) is 1.76. The van der Waals surface area contributed by atoms with Gasteiger partial charge in [-0.3, -0.25) is 0 Å². The third-order valence-corrected chi connectivity index (χ3v) is 6.32. The van der Waals surface area contributed by atoms with Crippen molar-refractivity contribution in [2.24, 2.45) is 0 Å². The van der Waals surface area contributed by atoms with Gasteiger partial charge >= 0.3 is 0 Å². The standard InChI is InChI=1S/C26H28ClFN2O2/c1-26(2,31)22-8-5-13-30(22)23-12-9-17(16-29-23)14-19-10-11-21(32-3)24(25(19)28)18-6-4-7-20(27)15-18/h4,6-7,9-12,15-16,22,31H,5,8,13-14H2,1-3H3. The molecule has 6 heteroatoms. The highest BCUT2D eigenvalue weighted by Crippen LogP contribution is 2.36. The second kappa shape index (κ2) is 9.08. The van der Waals surface area contributed by atoms with Crippen molar-refractivity contribution in [2.75, 3.05) is 18.6 Å². The van der Waals surface area contributed by atoms with Crippen molar-refractivity contribution in [3.63, 3.8) is 0 Å². The molecule has 1 aromatic heterocycles. The molecule has 2 heterocycles. The van der Waals surface area contributed by atoms with Gasteiger partial charge in [-0.1, -0.05) is 35.9 Å². The minimum atomic E-state index is -0.792.